The fraction of sp³-hybridized carbons (Fsp3) is 0.0270. The SMILES string of the molecule is CN(c1ccccc1-c1ccccc1)c1cccc2sc3c(N(c4ccccc4)c4ccccc4)cccc3c12. The molecular formula is C37H28N2S. The predicted octanol–water partition coefficient (Wildman–Crippen LogP) is 11.0. The highest BCUT2D eigenvalue weighted by molar-refractivity contribution is 7.26. The topological polar surface area (TPSA) is 6.48 Å². The van der Waals surface area contributed by atoms with E-state index in [0.29, 0.717) is 0 Å². The average Bonchev–Trinajstić information content (AvgIpc) is 3.42. The zero-order valence-electron chi connectivity index (χ0n) is 22.2. The van der Waals surface area contributed by atoms with Crippen molar-refractivity contribution < 1.29 is 0 Å². The largest absolute Gasteiger partial charge is 0.344 e. The van der Waals surface area contributed by atoms with Gasteiger partial charge in [0.15, 0.2) is 0 Å². The van der Waals surface area contributed by atoms with Crippen LogP contribution in [0.25, 0.3) is 31.3 Å². The van der Waals surface area contributed by atoms with Gasteiger partial charge in [-0.3, -0.25) is 0 Å². The minimum absolute atomic E-state index is 1.15. The van der Waals surface area contributed by atoms with Crippen LogP contribution >= 0.6 is 11.3 Å². The molecule has 192 valence electrons. The van der Waals surface area contributed by atoms with Crippen LogP contribution in [0, 0.1) is 0 Å². The summed E-state index contributed by atoms with van der Waals surface area (Å²) >= 11 is 1.86. The molecule has 0 amide bonds. The molecule has 0 aliphatic carbocycles. The quantitative estimate of drug-likeness (QED) is 0.210. The van der Waals surface area contributed by atoms with E-state index < -0.39 is 0 Å². The Morgan fingerprint density at radius 2 is 1.02 bits per heavy atom. The van der Waals surface area contributed by atoms with Gasteiger partial charge >= 0.3 is 0 Å². The molecule has 0 aliphatic rings. The summed E-state index contributed by atoms with van der Waals surface area (Å²) in [5, 5.41) is 2.56. The van der Waals surface area contributed by atoms with E-state index in [9.17, 15) is 0 Å². The normalized spacial score (nSPS) is 11.1. The molecule has 0 bridgehead atoms. The first-order valence-electron chi connectivity index (χ1n) is 13.5. The highest BCUT2D eigenvalue weighted by atomic mass is 32.1. The number of hydrogen-bond acceptors (Lipinski definition) is 3. The molecule has 7 rings (SSSR count). The van der Waals surface area contributed by atoms with Gasteiger partial charge in [-0.15, -0.1) is 11.3 Å². The fourth-order valence-electron chi connectivity index (χ4n) is 5.61. The van der Waals surface area contributed by atoms with Crippen molar-refractivity contribution in [2.75, 3.05) is 16.8 Å². The van der Waals surface area contributed by atoms with E-state index in [1.54, 1.807) is 0 Å². The standard InChI is InChI=1S/C37H28N2S/c1-38(32-23-12-11-21-30(32)27-15-5-2-6-16-27)33-24-14-26-35-36(33)31-22-13-25-34(37(31)40-35)39(28-17-7-3-8-18-28)29-19-9-4-10-20-29/h2-26H,1H3. The first kappa shape index (κ1) is 24.2. The molecule has 0 saturated carbocycles. The lowest BCUT2D eigenvalue weighted by Crippen LogP contribution is -2.11. The lowest BCUT2D eigenvalue weighted by Gasteiger charge is -2.26. The highest BCUT2D eigenvalue weighted by Crippen LogP contribution is 2.48. The van der Waals surface area contributed by atoms with Gasteiger partial charge in [0.25, 0.3) is 0 Å². The first-order valence-corrected chi connectivity index (χ1v) is 14.3. The third kappa shape index (κ3) is 4.21. The average molecular weight is 533 g/mol. The molecule has 3 heteroatoms. The molecule has 0 unspecified atom stereocenters. The Hall–Kier alpha value is -4.86. The van der Waals surface area contributed by atoms with Gasteiger partial charge in [-0.25, -0.2) is 0 Å². The summed E-state index contributed by atoms with van der Waals surface area (Å²) in [6.45, 7) is 0. The van der Waals surface area contributed by atoms with Gasteiger partial charge in [-0.05, 0) is 54.1 Å². The Morgan fingerprint density at radius 1 is 0.475 bits per heavy atom. The molecule has 6 aromatic carbocycles. The summed E-state index contributed by atoms with van der Waals surface area (Å²) in [7, 11) is 2.18. The minimum Gasteiger partial charge on any atom is -0.344 e. The van der Waals surface area contributed by atoms with Crippen molar-refractivity contribution in [3.05, 3.63) is 152 Å². The smallest absolute Gasteiger partial charge is 0.0640 e. The zero-order valence-corrected chi connectivity index (χ0v) is 23.1. The Labute approximate surface area is 239 Å². The number of rotatable bonds is 6. The number of hydrogen-bond donors (Lipinski definition) is 0. The summed E-state index contributed by atoms with van der Waals surface area (Å²) in [6, 6.07) is 54.0. The van der Waals surface area contributed by atoms with Crippen molar-refractivity contribution in [2.24, 2.45) is 0 Å². The molecule has 0 fully saturated rings. The number of fused-ring (bicyclic) bond motifs is 3. The Balaban J connectivity index is 1.43. The Morgan fingerprint density at radius 3 is 1.73 bits per heavy atom. The van der Waals surface area contributed by atoms with E-state index in [-0.39, 0.29) is 0 Å². The predicted molar refractivity (Wildman–Crippen MR) is 174 cm³/mol. The number of thiophene rings is 1. The van der Waals surface area contributed by atoms with Gasteiger partial charge < -0.3 is 9.80 Å². The molecule has 2 nitrogen and oxygen atoms in total. The molecule has 40 heavy (non-hydrogen) atoms. The summed E-state index contributed by atoms with van der Waals surface area (Å²) in [5.74, 6) is 0. The number of nitrogens with zero attached hydrogens (tertiary/aromatic N) is 2. The van der Waals surface area contributed by atoms with Crippen LogP contribution in [0.1, 0.15) is 0 Å². The van der Waals surface area contributed by atoms with E-state index >= 15 is 0 Å². The van der Waals surface area contributed by atoms with E-state index in [1.807, 2.05) is 11.3 Å². The molecule has 0 aliphatic heterocycles. The van der Waals surface area contributed by atoms with E-state index in [2.05, 4.69) is 169 Å². The van der Waals surface area contributed by atoms with Crippen LogP contribution in [0.2, 0.25) is 0 Å². The van der Waals surface area contributed by atoms with E-state index in [1.165, 1.54) is 48.4 Å². The highest BCUT2D eigenvalue weighted by Gasteiger charge is 2.20. The molecule has 1 aromatic heterocycles. The maximum absolute atomic E-state index is 2.37. The van der Waals surface area contributed by atoms with Gasteiger partial charge in [0.2, 0.25) is 0 Å². The number of benzene rings is 6. The molecule has 0 atom stereocenters. The second-order valence-electron chi connectivity index (χ2n) is 9.85. The van der Waals surface area contributed by atoms with E-state index in [4.69, 9.17) is 0 Å². The maximum atomic E-state index is 2.37. The van der Waals surface area contributed by atoms with Crippen molar-refractivity contribution >= 4 is 59.9 Å². The van der Waals surface area contributed by atoms with Crippen LogP contribution < -0.4 is 9.80 Å². The van der Waals surface area contributed by atoms with Crippen LogP contribution in [-0.4, -0.2) is 7.05 Å². The van der Waals surface area contributed by atoms with Crippen molar-refractivity contribution in [2.45, 2.75) is 0 Å². The minimum atomic E-state index is 1.15. The maximum Gasteiger partial charge on any atom is 0.0640 e. The Bertz CT molecular complexity index is 1870. The summed E-state index contributed by atoms with van der Waals surface area (Å²) < 4.78 is 2.56. The third-order valence-electron chi connectivity index (χ3n) is 7.46. The molecular weight excluding hydrogens is 504 g/mol. The van der Waals surface area contributed by atoms with E-state index in [0.717, 1.165) is 11.4 Å². The van der Waals surface area contributed by atoms with Gasteiger partial charge in [0.1, 0.15) is 0 Å². The van der Waals surface area contributed by atoms with Gasteiger partial charge in [-0.2, -0.15) is 0 Å². The van der Waals surface area contributed by atoms with Crippen LogP contribution in [0.5, 0.6) is 0 Å². The van der Waals surface area contributed by atoms with Crippen molar-refractivity contribution in [3.63, 3.8) is 0 Å². The first-order chi connectivity index (χ1) is 19.8. The van der Waals surface area contributed by atoms with Crippen molar-refractivity contribution in [3.8, 4) is 11.1 Å². The monoisotopic (exact) mass is 532 g/mol. The van der Waals surface area contributed by atoms with Crippen molar-refractivity contribution in [1.29, 1.82) is 0 Å². The number of anilines is 5. The van der Waals surface area contributed by atoms with Crippen LogP contribution in [-0.2, 0) is 0 Å². The number of para-hydroxylation sites is 3. The summed E-state index contributed by atoms with van der Waals surface area (Å²) in [5.41, 5.74) is 8.32. The second-order valence-corrected chi connectivity index (χ2v) is 10.9. The molecule has 0 N–H and O–H groups in total. The molecule has 7 aromatic rings. The van der Waals surface area contributed by atoms with Crippen LogP contribution in [0.4, 0.5) is 28.4 Å². The second kappa shape index (κ2) is 10.4. The Kier molecular flexibility index (Phi) is 6.27. The van der Waals surface area contributed by atoms with Crippen molar-refractivity contribution in [1.82, 2.24) is 0 Å². The molecule has 0 saturated heterocycles. The summed E-state index contributed by atoms with van der Waals surface area (Å²) in [4.78, 5) is 4.71. The summed E-state index contributed by atoms with van der Waals surface area (Å²) in [6.07, 6.45) is 0. The fourth-order valence-corrected chi connectivity index (χ4v) is 6.84. The van der Waals surface area contributed by atoms with Gasteiger partial charge in [0, 0.05) is 45.1 Å². The zero-order chi connectivity index (χ0) is 26.9. The van der Waals surface area contributed by atoms with Crippen LogP contribution in [0.3, 0.4) is 0 Å². The molecule has 0 spiro atoms. The lowest BCUT2D eigenvalue weighted by molar-refractivity contribution is 1.22. The van der Waals surface area contributed by atoms with Crippen LogP contribution in [0.15, 0.2) is 152 Å². The third-order valence-corrected chi connectivity index (χ3v) is 8.65. The molecule has 0 radical (unpaired) electrons. The van der Waals surface area contributed by atoms with Gasteiger partial charge in [0.05, 0.1) is 16.1 Å². The van der Waals surface area contributed by atoms with Gasteiger partial charge in [-0.1, -0.05) is 103 Å². The molecule has 1 heterocycles. The lowest BCUT2D eigenvalue weighted by atomic mass is 10.0.